The van der Waals surface area contributed by atoms with E-state index in [1.54, 1.807) is 12.3 Å². The standard InChI is InChI=1S/C30H37N7O3S/c1-22-10-13-37(14-11-22)30-33-24(28(38)32-25(29(39)40)21-41-20-23-7-3-2-4-8-23)19-27(34-30)36-17-15-35(16-18-36)26-9-5-6-12-31-26/h2-9,12,19,22,25H,10-11,13-18,20-21H2,1H3,(H,32,38)(H,39,40). The van der Waals surface area contributed by atoms with Gasteiger partial charge in [0, 0.05) is 63.0 Å². The van der Waals surface area contributed by atoms with Crippen molar-refractivity contribution in [2.75, 3.05) is 59.7 Å². The van der Waals surface area contributed by atoms with Gasteiger partial charge in [-0.3, -0.25) is 4.79 Å². The second-order valence-corrected chi connectivity index (χ2v) is 11.6. The predicted molar refractivity (Wildman–Crippen MR) is 163 cm³/mol. The average Bonchev–Trinajstić information content (AvgIpc) is 3.01. The molecule has 1 amide bonds. The summed E-state index contributed by atoms with van der Waals surface area (Å²) in [7, 11) is 0. The molecule has 1 atom stereocenters. The topological polar surface area (TPSA) is 115 Å². The second-order valence-electron chi connectivity index (χ2n) is 10.6. The van der Waals surface area contributed by atoms with Crippen molar-refractivity contribution >= 4 is 41.2 Å². The second kappa shape index (κ2) is 13.7. The number of piperazine rings is 1. The maximum atomic E-state index is 13.4. The molecule has 2 aliphatic rings. The van der Waals surface area contributed by atoms with Crippen LogP contribution < -0.4 is 20.0 Å². The normalized spacial score (nSPS) is 16.9. The van der Waals surface area contributed by atoms with Crippen molar-refractivity contribution in [1.29, 1.82) is 0 Å². The largest absolute Gasteiger partial charge is 0.480 e. The zero-order valence-electron chi connectivity index (χ0n) is 23.4. The third-order valence-corrected chi connectivity index (χ3v) is 8.68. The van der Waals surface area contributed by atoms with E-state index in [9.17, 15) is 14.7 Å². The van der Waals surface area contributed by atoms with Crippen LogP contribution in [0, 0.1) is 5.92 Å². The van der Waals surface area contributed by atoms with E-state index >= 15 is 0 Å². The Labute approximate surface area is 245 Å². The van der Waals surface area contributed by atoms with Gasteiger partial charge in [0.2, 0.25) is 5.95 Å². The molecule has 0 bridgehead atoms. The number of carboxylic acids is 1. The van der Waals surface area contributed by atoms with Crippen LogP contribution in [0.3, 0.4) is 0 Å². The number of carbonyl (C=O) groups excluding carboxylic acids is 1. The van der Waals surface area contributed by atoms with Gasteiger partial charge in [-0.2, -0.15) is 16.7 Å². The zero-order valence-corrected chi connectivity index (χ0v) is 24.2. The van der Waals surface area contributed by atoms with Crippen molar-refractivity contribution < 1.29 is 14.7 Å². The summed E-state index contributed by atoms with van der Waals surface area (Å²) in [5.41, 5.74) is 1.30. The molecule has 5 rings (SSSR count). The predicted octanol–water partition coefficient (Wildman–Crippen LogP) is 3.55. The molecule has 2 aromatic heterocycles. The number of rotatable bonds is 10. The summed E-state index contributed by atoms with van der Waals surface area (Å²) < 4.78 is 0. The Morgan fingerprint density at radius 2 is 1.61 bits per heavy atom. The SMILES string of the molecule is CC1CCN(c2nc(C(=O)NC(CSCc3ccccc3)C(=O)O)cc(N3CCN(c4ccccn4)CC3)n2)CC1. The van der Waals surface area contributed by atoms with Gasteiger partial charge in [0.25, 0.3) is 5.91 Å². The summed E-state index contributed by atoms with van der Waals surface area (Å²) in [5, 5.41) is 12.6. The molecule has 0 radical (unpaired) electrons. The van der Waals surface area contributed by atoms with Crippen LogP contribution in [0.5, 0.6) is 0 Å². The molecule has 1 aromatic carbocycles. The molecule has 0 saturated carbocycles. The minimum Gasteiger partial charge on any atom is -0.480 e. The smallest absolute Gasteiger partial charge is 0.327 e. The highest BCUT2D eigenvalue weighted by Gasteiger charge is 2.27. The lowest BCUT2D eigenvalue weighted by Crippen LogP contribution is -2.47. The van der Waals surface area contributed by atoms with Crippen molar-refractivity contribution in [2.45, 2.75) is 31.6 Å². The van der Waals surface area contributed by atoms with Crippen molar-refractivity contribution in [3.8, 4) is 0 Å². The molecule has 4 heterocycles. The zero-order chi connectivity index (χ0) is 28.6. The Morgan fingerprint density at radius 1 is 0.927 bits per heavy atom. The monoisotopic (exact) mass is 575 g/mol. The highest BCUT2D eigenvalue weighted by atomic mass is 32.2. The Hall–Kier alpha value is -3.86. The fourth-order valence-electron chi connectivity index (χ4n) is 5.03. The first-order chi connectivity index (χ1) is 20.0. The summed E-state index contributed by atoms with van der Waals surface area (Å²) in [5.74, 6) is 2.15. The fraction of sp³-hybridized carbons (Fsp3) is 0.433. The molecule has 0 aliphatic carbocycles. The number of pyridine rings is 1. The molecule has 2 fully saturated rings. The minimum absolute atomic E-state index is 0.190. The van der Waals surface area contributed by atoms with E-state index in [0.29, 0.717) is 23.4 Å². The maximum Gasteiger partial charge on any atom is 0.327 e. The van der Waals surface area contributed by atoms with Crippen LogP contribution in [-0.4, -0.2) is 83.0 Å². The van der Waals surface area contributed by atoms with Gasteiger partial charge in [0.1, 0.15) is 23.4 Å². The molecule has 2 saturated heterocycles. The summed E-state index contributed by atoms with van der Waals surface area (Å²) >= 11 is 1.48. The van der Waals surface area contributed by atoms with Gasteiger partial charge in [0.05, 0.1) is 0 Å². The van der Waals surface area contributed by atoms with Crippen molar-refractivity contribution in [3.63, 3.8) is 0 Å². The van der Waals surface area contributed by atoms with Crippen LogP contribution in [0.25, 0.3) is 0 Å². The molecule has 41 heavy (non-hydrogen) atoms. The number of hydrogen-bond acceptors (Lipinski definition) is 9. The lowest BCUT2D eigenvalue weighted by molar-refractivity contribution is -0.138. The molecule has 1 unspecified atom stereocenters. The summed E-state index contributed by atoms with van der Waals surface area (Å²) in [6.07, 6.45) is 3.88. The number of nitrogens with one attached hydrogen (secondary N) is 1. The van der Waals surface area contributed by atoms with Crippen LogP contribution in [0.1, 0.15) is 35.8 Å². The number of piperidine rings is 1. The van der Waals surface area contributed by atoms with Crippen LogP contribution in [0.4, 0.5) is 17.6 Å². The van der Waals surface area contributed by atoms with Gasteiger partial charge in [0.15, 0.2) is 0 Å². The molecular formula is C30H37N7O3S. The Balaban J connectivity index is 1.30. The van der Waals surface area contributed by atoms with Crippen LogP contribution in [0.15, 0.2) is 60.8 Å². The van der Waals surface area contributed by atoms with Crippen LogP contribution in [0.2, 0.25) is 0 Å². The number of amides is 1. The highest BCUT2D eigenvalue weighted by molar-refractivity contribution is 7.98. The first kappa shape index (κ1) is 28.7. The highest BCUT2D eigenvalue weighted by Crippen LogP contribution is 2.25. The van der Waals surface area contributed by atoms with E-state index in [1.807, 2.05) is 48.5 Å². The quantitative estimate of drug-likeness (QED) is 0.372. The first-order valence-electron chi connectivity index (χ1n) is 14.2. The molecule has 10 nitrogen and oxygen atoms in total. The van der Waals surface area contributed by atoms with E-state index in [2.05, 4.69) is 36.9 Å². The van der Waals surface area contributed by atoms with E-state index in [0.717, 1.165) is 63.5 Å². The number of hydrogen-bond donors (Lipinski definition) is 2. The molecule has 3 aromatic rings. The van der Waals surface area contributed by atoms with Gasteiger partial charge in [-0.1, -0.05) is 43.3 Å². The van der Waals surface area contributed by atoms with Gasteiger partial charge in [-0.05, 0) is 36.5 Å². The summed E-state index contributed by atoms with van der Waals surface area (Å²) in [6.45, 7) is 6.89. The molecule has 216 valence electrons. The van der Waals surface area contributed by atoms with Gasteiger partial charge < -0.3 is 25.1 Å². The molecular weight excluding hydrogens is 538 g/mol. The lowest BCUT2D eigenvalue weighted by Gasteiger charge is -2.37. The number of aliphatic carboxylic acids is 1. The van der Waals surface area contributed by atoms with Gasteiger partial charge in [-0.25, -0.2) is 14.8 Å². The number of carboxylic acid groups (broad SMARTS) is 1. The first-order valence-corrected chi connectivity index (χ1v) is 15.3. The summed E-state index contributed by atoms with van der Waals surface area (Å²) in [6, 6.07) is 16.4. The number of nitrogens with zero attached hydrogens (tertiary/aromatic N) is 6. The molecule has 11 heteroatoms. The molecule has 2 N–H and O–H groups in total. The lowest BCUT2D eigenvalue weighted by atomic mass is 10.00. The van der Waals surface area contributed by atoms with E-state index in [1.165, 1.54) is 11.8 Å². The number of carbonyl (C=O) groups is 2. The number of thioether (sulfide) groups is 1. The number of anilines is 3. The van der Waals surface area contributed by atoms with Crippen LogP contribution in [-0.2, 0) is 10.5 Å². The van der Waals surface area contributed by atoms with Crippen molar-refractivity contribution in [1.82, 2.24) is 20.3 Å². The van der Waals surface area contributed by atoms with E-state index in [4.69, 9.17) is 4.98 Å². The Kier molecular flexibility index (Phi) is 9.55. The third-order valence-electron chi connectivity index (χ3n) is 7.58. The van der Waals surface area contributed by atoms with Crippen molar-refractivity contribution in [3.05, 3.63) is 72.1 Å². The van der Waals surface area contributed by atoms with Gasteiger partial charge >= 0.3 is 5.97 Å². The minimum atomic E-state index is -1.07. The summed E-state index contributed by atoms with van der Waals surface area (Å²) in [4.78, 5) is 46.0. The average molecular weight is 576 g/mol. The van der Waals surface area contributed by atoms with Crippen molar-refractivity contribution in [2.24, 2.45) is 5.92 Å². The number of aromatic nitrogens is 3. The van der Waals surface area contributed by atoms with E-state index < -0.39 is 17.9 Å². The Morgan fingerprint density at radius 3 is 2.27 bits per heavy atom. The maximum absolute atomic E-state index is 13.4. The fourth-order valence-corrected chi connectivity index (χ4v) is 6.04. The van der Waals surface area contributed by atoms with E-state index in [-0.39, 0.29) is 11.4 Å². The third kappa shape index (κ3) is 7.66. The molecule has 0 spiro atoms. The van der Waals surface area contributed by atoms with Gasteiger partial charge in [-0.15, -0.1) is 0 Å². The Bertz CT molecular complexity index is 1300. The van der Waals surface area contributed by atoms with Crippen LogP contribution >= 0.6 is 11.8 Å². The molecule has 2 aliphatic heterocycles. The number of benzene rings is 1.